The van der Waals surface area contributed by atoms with Gasteiger partial charge in [-0.2, -0.15) is 4.98 Å². The number of nitrogens with zero attached hydrogens (tertiary/aromatic N) is 3. The number of aromatic nitrogens is 2. The molecule has 1 aliphatic heterocycles. The van der Waals surface area contributed by atoms with E-state index in [4.69, 9.17) is 28.9 Å². The van der Waals surface area contributed by atoms with Gasteiger partial charge < -0.3 is 16.0 Å². The molecule has 1 fully saturated rings. The van der Waals surface area contributed by atoms with E-state index >= 15 is 0 Å². The maximum atomic E-state index is 6.51. The van der Waals surface area contributed by atoms with Crippen molar-refractivity contribution in [3.05, 3.63) is 46.4 Å². The Morgan fingerprint density at radius 2 is 1.72 bits per heavy atom. The highest BCUT2D eigenvalue weighted by atomic mass is 35.5. The van der Waals surface area contributed by atoms with Crippen LogP contribution in [0.5, 0.6) is 0 Å². The maximum absolute atomic E-state index is 6.51. The molecule has 2 heterocycles. The number of halogens is 2. The van der Waals surface area contributed by atoms with Gasteiger partial charge in [0.1, 0.15) is 5.82 Å². The molecule has 0 atom stereocenters. The second-order valence-electron chi connectivity index (χ2n) is 6.00. The Morgan fingerprint density at radius 3 is 2.44 bits per heavy atom. The highest BCUT2D eigenvalue weighted by molar-refractivity contribution is 6.34. The van der Waals surface area contributed by atoms with E-state index in [2.05, 4.69) is 20.2 Å². The highest BCUT2D eigenvalue weighted by Gasteiger charge is 2.18. The Kier molecular flexibility index (Phi) is 4.37. The van der Waals surface area contributed by atoms with Crippen molar-refractivity contribution in [2.45, 2.75) is 0 Å². The molecule has 0 radical (unpaired) electrons. The van der Waals surface area contributed by atoms with Gasteiger partial charge in [-0.15, -0.1) is 0 Å². The summed E-state index contributed by atoms with van der Waals surface area (Å²) in [5.41, 5.74) is 8.60. The molecule has 3 aromatic rings. The Bertz CT molecular complexity index is 921. The minimum atomic E-state index is 0.261. The van der Waals surface area contributed by atoms with Crippen molar-refractivity contribution < 1.29 is 0 Å². The Hall–Kier alpha value is -2.08. The van der Waals surface area contributed by atoms with Crippen molar-refractivity contribution in [3.63, 3.8) is 0 Å². The second-order valence-corrected chi connectivity index (χ2v) is 6.84. The predicted molar refractivity (Wildman–Crippen MR) is 104 cm³/mol. The van der Waals surface area contributed by atoms with E-state index in [1.165, 1.54) is 0 Å². The van der Waals surface area contributed by atoms with Gasteiger partial charge in [0.15, 0.2) is 0 Å². The number of fused-ring (bicyclic) bond motifs is 1. The van der Waals surface area contributed by atoms with Crippen LogP contribution in [0.2, 0.25) is 10.0 Å². The third-order valence-electron chi connectivity index (χ3n) is 4.35. The number of rotatable bonds is 2. The lowest BCUT2D eigenvalue weighted by molar-refractivity contribution is 0.586. The first-order chi connectivity index (χ1) is 12.1. The number of hydrogen-bond acceptors (Lipinski definition) is 5. The molecule has 3 N–H and O–H groups in total. The molecule has 0 unspecified atom stereocenters. The van der Waals surface area contributed by atoms with Gasteiger partial charge in [-0.1, -0.05) is 35.3 Å². The van der Waals surface area contributed by atoms with Crippen LogP contribution < -0.4 is 16.0 Å². The first-order valence-electron chi connectivity index (χ1n) is 8.10. The van der Waals surface area contributed by atoms with E-state index in [1.807, 2.05) is 36.4 Å². The fourth-order valence-electron chi connectivity index (χ4n) is 3.12. The molecule has 5 nitrogen and oxygen atoms in total. The fraction of sp³-hybridized carbons (Fsp3) is 0.222. The van der Waals surface area contributed by atoms with Crippen molar-refractivity contribution in [1.29, 1.82) is 0 Å². The van der Waals surface area contributed by atoms with Gasteiger partial charge in [-0.05, 0) is 29.8 Å². The number of piperazine rings is 1. The Morgan fingerprint density at radius 1 is 1.00 bits per heavy atom. The summed E-state index contributed by atoms with van der Waals surface area (Å²) in [7, 11) is 0. The van der Waals surface area contributed by atoms with Gasteiger partial charge >= 0.3 is 0 Å². The molecule has 128 valence electrons. The number of hydrogen-bond donors (Lipinski definition) is 2. The Balaban J connectivity index is 1.90. The highest BCUT2D eigenvalue weighted by Crippen LogP contribution is 2.35. The summed E-state index contributed by atoms with van der Waals surface area (Å²) in [4.78, 5) is 11.1. The lowest BCUT2D eigenvalue weighted by atomic mass is 10.0. The van der Waals surface area contributed by atoms with Crippen molar-refractivity contribution in [2.75, 3.05) is 36.8 Å². The SMILES string of the molecule is Nc1nc(N2CCNCC2)c2cc(-c3ccc(Cl)cc3)c(Cl)cc2n1. The van der Waals surface area contributed by atoms with Crippen molar-refractivity contribution in [1.82, 2.24) is 15.3 Å². The monoisotopic (exact) mass is 373 g/mol. The average Bonchev–Trinajstić information content (AvgIpc) is 2.62. The van der Waals surface area contributed by atoms with E-state index in [9.17, 15) is 0 Å². The van der Waals surface area contributed by atoms with E-state index in [0.717, 1.165) is 54.0 Å². The molecule has 25 heavy (non-hydrogen) atoms. The molecule has 1 aliphatic rings. The third-order valence-corrected chi connectivity index (χ3v) is 4.92. The molecule has 1 saturated heterocycles. The lowest BCUT2D eigenvalue weighted by Crippen LogP contribution is -2.44. The minimum Gasteiger partial charge on any atom is -0.368 e. The van der Waals surface area contributed by atoms with Crippen molar-refractivity contribution >= 4 is 45.9 Å². The van der Waals surface area contributed by atoms with E-state index in [0.29, 0.717) is 10.0 Å². The zero-order chi connectivity index (χ0) is 17.4. The summed E-state index contributed by atoms with van der Waals surface area (Å²) in [6.07, 6.45) is 0. The Labute approximate surface area is 155 Å². The van der Waals surface area contributed by atoms with Crippen LogP contribution in [0.4, 0.5) is 11.8 Å². The molecular formula is C18H17Cl2N5. The van der Waals surface area contributed by atoms with E-state index in [1.54, 1.807) is 0 Å². The summed E-state index contributed by atoms with van der Waals surface area (Å²) >= 11 is 12.5. The normalized spacial score (nSPS) is 14.9. The van der Waals surface area contributed by atoms with Crippen LogP contribution in [-0.2, 0) is 0 Å². The van der Waals surface area contributed by atoms with Crippen LogP contribution in [0.1, 0.15) is 0 Å². The molecule has 1 aromatic heterocycles. The predicted octanol–water partition coefficient (Wildman–Crippen LogP) is 3.60. The lowest BCUT2D eigenvalue weighted by Gasteiger charge is -2.29. The zero-order valence-corrected chi connectivity index (χ0v) is 15.0. The number of nitrogen functional groups attached to an aromatic ring is 1. The smallest absolute Gasteiger partial charge is 0.222 e. The van der Waals surface area contributed by atoms with Crippen molar-refractivity contribution in [2.24, 2.45) is 0 Å². The van der Waals surface area contributed by atoms with Crippen LogP contribution in [0.3, 0.4) is 0 Å². The zero-order valence-electron chi connectivity index (χ0n) is 13.5. The number of anilines is 2. The van der Waals surface area contributed by atoms with Gasteiger partial charge in [-0.25, -0.2) is 4.98 Å². The van der Waals surface area contributed by atoms with Gasteiger partial charge in [-0.3, -0.25) is 0 Å². The van der Waals surface area contributed by atoms with Crippen LogP contribution in [-0.4, -0.2) is 36.1 Å². The maximum Gasteiger partial charge on any atom is 0.222 e. The first kappa shape index (κ1) is 16.4. The largest absolute Gasteiger partial charge is 0.368 e. The summed E-state index contributed by atoms with van der Waals surface area (Å²) in [5.74, 6) is 1.12. The average molecular weight is 374 g/mol. The molecule has 0 spiro atoms. The van der Waals surface area contributed by atoms with Gasteiger partial charge in [0.25, 0.3) is 0 Å². The van der Waals surface area contributed by atoms with Gasteiger partial charge in [0, 0.05) is 42.2 Å². The molecule has 0 aliphatic carbocycles. The topological polar surface area (TPSA) is 67.1 Å². The van der Waals surface area contributed by atoms with Crippen LogP contribution in [0.25, 0.3) is 22.0 Å². The fourth-order valence-corrected chi connectivity index (χ4v) is 3.51. The van der Waals surface area contributed by atoms with Crippen LogP contribution >= 0.6 is 23.2 Å². The van der Waals surface area contributed by atoms with E-state index < -0.39 is 0 Å². The summed E-state index contributed by atoms with van der Waals surface area (Å²) in [6.45, 7) is 3.60. The van der Waals surface area contributed by atoms with Crippen LogP contribution in [0.15, 0.2) is 36.4 Å². The molecule has 2 aromatic carbocycles. The molecule has 4 rings (SSSR count). The second kappa shape index (κ2) is 6.67. The summed E-state index contributed by atoms with van der Waals surface area (Å²) in [5, 5.41) is 5.62. The standard InChI is InChI=1S/C18H17Cl2N5/c19-12-3-1-11(2-4-12)13-9-14-16(10-15(13)20)23-18(21)24-17(14)25-7-5-22-6-8-25/h1-4,9-10,22H,5-8H2,(H2,21,23,24). The number of nitrogens with two attached hydrogens (primary N) is 1. The molecular weight excluding hydrogens is 357 g/mol. The van der Waals surface area contributed by atoms with E-state index in [-0.39, 0.29) is 5.95 Å². The first-order valence-corrected chi connectivity index (χ1v) is 8.86. The number of nitrogens with one attached hydrogen (secondary N) is 1. The summed E-state index contributed by atoms with van der Waals surface area (Å²) in [6, 6.07) is 11.5. The quantitative estimate of drug-likeness (QED) is 0.718. The molecule has 0 saturated carbocycles. The number of benzene rings is 2. The van der Waals surface area contributed by atoms with Gasteiger partial charge in [0.05, 0.1) is 10.5 Å². The summed E-state index contributed by atoms with van der Waals surface area (Å²) < 4.78 is 0. The van der Waals surface area contributed by atoms with Gasteiger partial charge in [0.2, 0.25) is 5.95 Å². The molecule has 0 amide bonds. The third kappa shape index (κ3) is 3.23. The molecule has 7 heteroatoms. The molecule has 0 bridgehead atoms. The van der Waals surface area contributed by atoms with Crippen molar-refractivity contribution in [3.8, 4) is 11.1 Å². The minimum absolute atomic E-state index is 0.261. The van der Waals surface area contributed by atoms with Crippen LogP contribution in [0, 0.1) is 0 Å².